The molecule has 1 heterocycles. The zero-order chi connectivity index (χ0) is 13.1. The third-order valence-electron chi connectivity index (χ3n) is 2.47. The number of aliphatic carboxylic acids is 1. The van der Waals surface area contributed by atoms with Gasteiger partial charge in [0.15, 0.2) is 0 Å². The van der Waals surface area contributed by atoms with Crippen LogP contribution in [0.25, 0.3) is 16.5 Å². The second-order valence-corrected chi connectivity index (χ2v) is 5.81. The normalized spacial score (nSPS) is 11.0. The lowest BCUT2D eigenvalue weighted by molar-refractivity contribution is -0.131. The Labute approximate surface area is 118 Å². The van der Waals surface area contributed by atoms with Gasteiger partial charge in [-0.15, -0.1) is 11.3 Å². The summed E-state index contributed by atoms with van der Waals surface area (Å²) in [5, 5.41) is 8.58. The van der Waals surface area contributed by atoms with Crippen molar-refractivity contribution in [1.82, 2.24) is 0 Å². The van der Waals surface area contributed by atoms with Crippen LogP contribution in [0.5, 0.6) is 0 Å². The lowest BCUT2D eigenvalue weighted by Gasteiger charge is -2.01. The van der Waals surface area contributed by atoms with Crippen molar-refractivity contribution in [1.29, 1.82) is 0 Å². The highest BCUT2D eigenvalue weighted by Gasteiger charge is 2.03. The van der Waals surface area contributed by atoms with E-state index in [0.717, 1.165) is 25.9 Å². The Morgan fingerprint density at radius 3 is 2.78 bits per heavy atom. The topological polar surface area (TPSA) is 37.3 Å². The molecule has 0 aliphatic rings. The van der Waals surface area contributed by atoms with Gasteiger partial charge in [-0.1, -0.05) is 28.1 Å². The first kappa shape index (κ1) is 13.1. The van der Waals surface area contributed by atoms with Gasteiger partial charge in [-0.05, 0) is 42.3 Å². The lowest BCUT2D eigenvalue weighted by Crippen LogP contribution is -1.84. The number of benzene rings is 1. The SMILES string of the molecule is Cc1ccc(-c2ccc(/C=C/C(=O)O)s2)cc1Br. The van der Waals surface area contributed by atoms with Crippen LogP contribution < -0.4 is 0 Å². The highest BCUT2D eigenvalue weighted by molar-refractivity contribution is 9.10. The summed E-state index contributed by atoms with van der Waals surface area (Å²) in [6.07, 6.45) is 2.76. The Bertz CT molecular complexity index is 614. The summed E-state index contributed by atoms with van der Waals surface area (Å²) in [5.41, 5.74) is 2.33. The van der Waals surface area contributed by atoms with E-state index in [1.807, 2.05) is 19.1 Å². The molecule has 92 valence electrons. The number of hydrogen-bond acceptors (Lipinski definition) is 2. The number of aryl methyl sites for hydroxylation is 1. The average Bonchev–Trinajstić information content (AvgIpc) is 2.79. The van der Waals surface area contributed by atoms with Crippen LogP contribution in [0.1, 0.15) is 10.4 Å². The summed E-state index contributed by atoms with van der Waals surface area (Å²) in [6, 6.07) is 10.1. The highest BCUT2D eigenvalue weighted by atomic mass is 79.9. The summed E-state index contributed by atoms with van der Waals surface area (Å²) in [4.78, 5) is 12.5. The molecule has 0 bridgehead atoms. The Hall–Kier alpha value is -1.39. The Balaban J connectivity index is 2.29. The zero-order valence-corrected chi connectivity index (χ0v) is 12.1. The fraction of sp³-hybridized carbons (Fsp3) is 0.0714. The maximum atomic E-state index is 10.4. The summed E-state index contributed by atoms with van der Waals surface area (Å²) >= 11 is 5.08. The summed E-state index contributed by atoms with van der Waals surface area (Å²) in [7, 11) is 0. The van der Waals surface area contributed by atoms with Crippen LogP contribution in [-0.4, -0.2) is 11.1 Å². The van der Waals surface area contributed by atoms with Gasteiger partial charge in [-0.2, -0.15) is 0 Å². The van der Waals surface area contributed by atoms with E-state index >= 15 is 0 Å². The number of rotatable bonds is 3. The molecule has 0 spiro atoms. The molecule has 2 nitrogen and oxygen atoms in total. The first-order valence-corrected chi connectivity index (χ1v) is 6.94. The van der Waals surface area contributed by atoms with Crippen molar-refractivity contribution < 1.29 is 9.90 Å². The highest BCUT2D eigenvalue weighted by Crippen LogP contribution is 2.31. The van der Waals surface area contributed by atoms with Gasteiger partial charge < -0.3 is 5.11 Å². The van der Waals surface area contributed by atoms with E-state index in [-0.39, 0.29) is 0 Å². The molecule has 0 radical (unpaired) electrons. The summed E-state index contributed by atoms with van der Waals surface area (Å²) in [5.74, 6) is -0.928. The standard InChI is InChI=1S/C14H11BrO2S/c1-9-2-3-10(8-12(9)15)13-6-4-11(18-13)5-7-14(16)17/h2-8H,1H3,(H,16,17)/b7-5+. The van der Waals surface area contributed by atoms with Crippen LogP contribution >= 0.6 is 27.3 Å². The molecule has 2 rings (SSSR count). The fourth-order valence-electron chi connectivity index (χ4n) is 1.50. The number of hydrogen-bond donors (Lipinski definition) is 1. The van der Waals surface area contributed by atoms with Crippen molar-refractivity contribution in [2.24, 2.45) is 0 Å². The van der Waals surface area contributed by atoms with E-state index < -0.39 is 5.97 Å². The molecule has 0 saturated heterocycles. The molecule has 1 aromatic heterocycles. The predicted octanol–water partition coefficient (Wildman–Crippen LogP) is 4.58. The van der Waals surface area contributed by atoms with Crippen molar-refractivity contribution in [3.05, 3.63) is 51.3 Å². The van der Waals surface area contributed by atoms with E-state index in [4.69, 9.17) is 5.11 Å². The average molecular weight is 323 g/mol. The van der Waals surface area contributed by atoms with Crippen molar-refractivity contribution in [3.63, 3.8) is 0 Å². The van der Waals surface area contributed by atoms with Gasteiger partial charge in [0.2, 0.25) is 0 Å². The largest absolute Gasteiger partial charge is 0.478 e. The summed E-state index contributed by atoms with van der Waals surface area (Å²) in [6.45, 7) is 2.04. The predicted molar refractivity (Wildman–Crippen MR) is 78.9 cm³/mol. The van der Waals surface area contributed by atoms with E-state index in [0.29, 0.717) is 0 Å². The van der Waals surface area contributed by atoms with Crippen LogP contribution in [0, 0.1) is 6.92 Å². The van der Waals surface area contributed by atoms with Gasteiger partial charge in [0.25, 0.3) is 0 Å². The van der Waals surface area contributed by atoms with Gasteiger partial charge in [-0.25, -0.2) is 4.79 Å². The fourth-order valence-corrected chi connectivity index (χ4v) is 2.78. The van der Waals surface area contributed by atoms with Gasteiger partial charge >= 0.3 is 5.97 Å². The monoisotopic (exact) mass is 322 g/mol. The maximum absolute atomic E-state index is 10.4. The molecule has 0 atom stereocenters. The van der Waals surface area contributed by atoms with Crippen molar-refractivity contribution in [3.8, 4) is 10.4 Å². The minimum absolute atomic E-state index is 0.928. The number of carboxylic acids is 1. The Kier molecular flexibility index (Phi) is 3.99. The van der Waals surface area contributed by atoms with Gasteiger partial charge in [-0.3, -0.25) is 0 Å². The molecular weight excluding hydrogens is 312 g/mol. The van der Waals surface area contributed by atoms with E-state index in [1.54, 1.807) is 17.4 Å². The molecule has 0 aliphatic heterocycles. The van der Waals surface area contributed by atoms with Crippen LogP contribution in [0.2, 0.25) is 0 Å². The molecule has 0 amide bonds. The van der Waals surface area contributed by atoms with Gasteiger partial charge in [0.1, 0.15) is 0 Å². The van der Waals surface area contributed by atoms with Gasteiger partial charge in [0.05, 0.1) is 0 Å². The first-order chi connectivity index (χ1) is 8.56. The molecule has 0 unspecified atom stereocenters. The molecule has 4 heteroatoms. The molecule has 1 N–H and O–H groups in total. The number of carboxylic acid groups (broad SMARTS) is 1. The van der Waals surface area contributed by atoms with Crippen molar-refractivity contribution >= 4 is 39.3 Å². The Morgan fingerprint density at radius 1 is 1.33 bits per heavy atom. The van der Waals surface area contributed by atoms with Crippen LogP contribution in [0.15, 0.2) is 40.9 Å². The molecule has 0 aliphatic carbocycles. The van der Waals surface area contributed by atoms with Gasteiger partial charge in [0, 0.05) is 20.3 Å². The van der Waals surface area contributed by atoms with E-state index in [9.17, 15) is 4.79 Å². The smallest absolute Gasteiger partial charge is 0.328 e. The molecule has 0 fully saturated rings. The van der Waals surface area contributed by atoms with Crippen LogP contribution in [0.4, 0.5) is 0 Å². The zero-order valence-electron chi connectivity index (χ0n) is 9.68. The maximum Gasteiger partial charge on any atom is 0.328 e. The second kappa shape index (κ2) is 5.50. The van der Waals surface area contributed by atoms with E-state index in [2.05, 4.69) is 34.1 Å². The molecular formula is C14H11BrO2S. The van der Waals surface area contributed by atoms with Crippen LogP contribution in [0.3, 0.4) is 0 Å². The molecule has 0 saturated carbocycles. The number of thiophene rings is 1. The molecule has 2 aromatic rings. The van der Waals surface area contributed by atoms with E-state index in [1.165, 1.54) is 5.56 Å². The third-order valence-corrected chi connectivity index (χ3v) is 4.43. The first-order valence-electron chi connectivity index (χ1n) is 5.33. The quantitative estimate of drug-likeness (QED) is 0.839. The number of carbonyl (C=O) groups is 1. The van der Waals surface area contributed by atoms with Crippen molar-refractivity contribution in [2.75, 3.05) is 0 Å². The summed E-state index contributed by atoms with van der Waals surface area (Å²) < 4.78 is 1.08. The lowest BCUT2D eigenvalue weighted by atomic mass is 10.1. The second-order valence-electron chi connectivity index (χ2n) is 3.84. The molecule has 1 aromatic carbocycles. The number of halogens is 1. The van der Waals surface area contributed by atoms with Crippen LogP contribution in [-0.2, 0) is 4.79 Å². The molecule has 18 heavy (non-hydrogen) atoms. The van der Waals surface area contributed by atoms with Crippen molar-refractivity contribution in [2.45, 2.75) is 6.92 Å². The third kappa shape index (κ3) is 3.09. The minimum Gasteiger partial charge on any atom is -0.478 e. The Morgan fingerprint density at radius 2 is 2.11 bits per heavy atom. The minimum atomic E-state index is -0.928.